The van der Waals surface area contributed by atoms with Crippen molar-refractivity contribution in [3.8, 4) is 11.5 Å². The van der Waals surface area contributed by atoms with Gasteiger partial charge in [0.15, 0.2) is 11.5 Å². The van der Waals surface area contributed by atoms with Crippen LogP contribution in [-0.2, 0) is 6.54 Å². The van der Waals surface area contributed by atoms with Crippen LogP contribution in [0.3, 0.4) is 0 Å². The number of nitrogens with one attached hydrogen (secondary N) is 2. The molecular weight excluding hydrogens is 354 g/mol. The molecular formula is C22H21N3O3. The van der Waals surface area contributed by atoms with Crippen LogP contribution >= 0.6 is 0 Å². The van der Waals surface area contributed by atoms with E-state index >= 15 is 0 Å². The number of aromatic nitrogens is 1. The normalized spacial score (nSPS) is 12.3. The third-order valence-electron chi connectivity index (χ3n) is 4.38. The third-order valence-corrected chi connectivity index (χ3v) is 4.38. The first kappa shape index (κ1) is 17.9. The Kier molecular flexibility index (Phi) is 5.10. The first-order valence-electron chi connectivity index (χ1n) is 9.14. The van der Waals surface area contributed by atoms with E-state index in [1.807, 2.05) is 12.1 Å². The molecule has 0 saturated heterocycles. The Morgan fingerprint density at radius 1 is 1.00 bits per heavy atom. The Hall–Kier alpha value is -3.54. The molecule has 0 unspecified atom stereocenters. The number of carbonyl (C=O) groups is 1. The summed E-state index contributed by atoms with van der Waals surface area (Å²) in [7, 11) is 0. The molecule has 6 nitrogen and oxygen atoms in total. The molecule has 6 heteroatoms. The molecule has 2 aromatic carbocycles. The van der Waals surface area contributed by atoms with E-state index in [2.05, 4.69) is 40.7 Å². The van der Waals surface area contributed by atoms with Gasteiger partial charge in [-0.15, -0.1) is 0 Å². The molecule has 1 aliphatic rings. The lowest BCUT2D eigenvalue weighted by Gasteiger charge is -2.19. The predicted molar refractivity (Wildman–Crippen MR) is 108 cm³/mol. The Labute approximate surface area is 163 Å². The first-order valence-corrected chi connectivity index (χ1v) is 9.14. The van der Waals surface area contributed by atoms with E-state index in [9.17, 15) is 4.79 Å². The van der Waals surface area contributed by atoms with Crippen LogP contribution < -0.4 is 20.1 Å². The Morgan fingerprint density at radius 3 is 2.61 bits per heavy atom. The van der Waals surface area contributed by atoms with Gasteiger partial charge in [0.1, 0.15) is 18.9 Å². The van der Waals surface area contributed by atoms with Crippen molar-refractivity contribution in [2.24, 2.45) is 0 Å². The van der Waals surface area contributed by atoms with Gasteiger partial charge in [0.2, 0.25) is 0 Å². The lowest BCUT2D eigenvalue weighted by Crippen LogP contribution is -2.17. The van der Waals surface area contributed by atoms with Gasteiger partial charge in [-0.1, -0.05) is 29.8 Å². The van der Waals surface area contributed by atoms with Gasteiger partial charge in [-0.2, -0.15) is 0 Å². The van der Waals surface area contributed by atoms with Crippen molar-refractivity contribution in [2.45, 2.75) is 13.5 Å². The van der Waals surface area contributed by atoms with Crippen LogP contribution in [0.2, 0.25) is 0 Å². The highest BCUT2D eigenvalue weighted by Gasteiger charge is 2.14. The molecule has 2 heterocycles. The van der Waals surface area contributed by atoms with Gasteiger partial charge in [0.05, 0.1) is 11.9 Å². The minimum atomic E-state index is -0.276. The molecule has 142 valence electrons. The molecule has 3 aromatic rings. The highest BCUT2D eigenvalue weighted by atomic mass is 16.6. The smallest absolute Gasteiger partial charge is 0.274 e. The number of fused-ring (bicyclic) bond motifs is 1. The van der Waals surface area contributed by atoms with E-state index in [-0.39, 0.29) is 5.91 Å². The SMILES string of the molecule is Cc1cccc(CNc2ccc(C(=O)Nc3ccc4c(c3)OCCO4)nc2)c1. The number of anilines is 2. The van der Waals surface area contributed by atoms with Crippen molar-refractivity contribution in [2.75, 3.05) is 23.8 Å². The molecule has 0 spiro atoms. The maximum atomic E-state index is 12.4. The van der Waals surface area contributed by atoms with Crippen molar-refractivity contribution in [1.29, 1.82) is 0 Å². The third kappa shape index (κ3) is 4.23. The van der Waals surface area contributed by atoms with Crippen molar-refractivity contribution in [3.63, 3.8) is 0 Å². The summed E-state index contributed by atoms with van der Waals surface area (Å²) in [5.41, 5.74) is 4.26. The molecule has 1 amide bonds. The average molecular weight is 375 g/mol. The van der Waals surface area contributed by atoms with Gasteiger partial charge in [0.25, 0.3) is 5.91 Å². The van der Waals surface area contributed by atoms with E-state index in [4.69, 9.17) is 9.47 Å². The summed E-state index contributed by atoms with van der Waals surface area (Å²) < 4.78 is 11.0. The van der Waals surface area contributed by atoms with Gasteiger partial charge in [-0.3, -0.25) is 4.79 Å². The minimum absolute atomic E-state index is 0.276. The summed E-state index contributed by atoms with van der Waals surface area (Å²) in [6.07, 6.45) is 1.66. The van der Waals surface area contributed by atoms with Crippen LogP contribution in [0, 0.1) is 6.92 Å². The van der Waals surface area contributed by atoms with E-state index in [0.717, 1.165) is 5.69 Å². The molecule has 0 aliphatic carbocycles. The van der Waals surface area contributed by atoms with Gasteiger partial charge in [-0.05, 0) is 36.8 Å². The fourth-order valence-corrected chi connectivity index (χ4v) is 2.98. The highest BCUT2D eigenvalue weighted by Crippen LogP contribution is 2.32. The highest BCUT2D eigenvalue weighted by molar-refractivity contribution is 6.03. The second-order valence-electron chi connectivity index (χ2n) is 6.59. The first-order chi connectivity index (χ1) is 13.7. The molecule has 4 rings (SSSR count). The van der Waals surface area contributed by atoms with Crippen LogP contribution in [0.25, 0.3) is 0 Å². The number of rotatable bonds is 5. The van der Waals surface area contributed by atoms with Gasteiger partial charge in [-0.25, -0.2) is 4.98 Å². The van der Waals surface area contributed by atoms with Crippen molar-refractivity contribution in [3.05, 3.63) is 77.6 Å². The minimum Gasteiger partial charge on any atom is -0.486 e. The number of amides is 1. The second-order valence-corrected chi connectivity index (χ2v) is 6.59. The number of carbonyl (C=O) groups excluding carboxylic acids is 1. The number of hydrogen-bond acceptors (Lipinski definition) is 5. The van der Waals surface area contributed by atoms with Crippen LogP contribution in [0.15, 0.2) is 60.8 Å². The Bertz CT molecular complexity index is 987. The Balaban J connectivity index is 1.37. The summed E-state index contributed by atoms with van der Waals surface area (Å²) in [5.74, 6) is 1.04. The number of ether oxygens (including phenoxy) is 2. The van der Waals surface area contributed by atoms with Crippen LogP contribution in [0.4, 0.5) is 11.4 Å². The van der Waals surface area contributed by atoms with Crippen molar-refractivity contribution >= 4 is 17.3 Å². The predicted octanol–water partition coefficient (Wildman–Crippen LogP) is 4.03. The van der Waals surface area contributed by atoms with E-state index in [0.29, 0.717) is 42.6 Å². The standard InChI is InChI=1S/C22H21N3O3/c1-15-3-2-4-16(11-15)13-23-18-5-7-19(24-14-18)22(26)25-17-6-8-20-21(12-17)28-10-9-27-20/h2-8,11-12,14,23H,9-10,13H2,1H3,(H,25,26). The molecule has 0 saturated carbocycles. The molecule has 2 N–H and O–H groups in total. The van der Waals surface area contributed by atoms with E-state index in [1.54, 1.807) is 30.5 Å². The van der Waals surface area contributed by atoms with Gasteiger partial charge >= 0.3 is 0 Å². The van der Waals surface area contributed by atoms with Crippen LogP contribution in [0.1, 0.15) is 21.6 Å². The van der Waals surface area contributed by atoms with E-state index in [1.165, 1.54) is 11.1 Å². The number of aryl methyl sites for hydroxylation is 1. The lowest BCUT2D eigenvalue weighted by molar-refractivity contribution is 0.102. The van der Waals surface area contributed by atoms with Crippen LogP contribution in [-0.4, -0.2) is 24.1 Å². The molecule has 1 aromatic heterocycles. The second kappa shape index (κ2) is 8.00. The largest absolute Gasteiger partial charge is 0.486 e. The zero-order valence-electron chi connectivity index (χ0n) is 15.6. The maximum absolute atomic E-state index is 12.4. The lowest BCUT2D eigenvalue weighted by atomic mass is 10.1. The van der Waals surface area contributed by atoms with Crippen LogP contribution in [0.5, 0.6) is 11.5 Å². The zero-order valence-corrected chi connectivity index (χ0v) is 15.6. The topological polar surface area (TPSA) is 72.5 Å². The summed E-state index contributed by atoms with van der Waals surface area (Å²) in [4.78, 5) is 16.7. The molecule has 0 fully saturated rings. The number of nitrogens with zero attached hydrogens (tertiary/aromatic N) is 1. The summed E-state index contributed by atoms with van der Waals surface area (Å²) in [6, 6.07) is 17.2. The van der Waals surface area contributed by atoms with Crippen molar-refractivity contribution < 1.29 is 14.3 Å². The zero-order chi connectivity index (χ0) is 19.3. The maximum Gasteiger partial charge on any atom is 0.274 e. The molecule has 0 radical (unpaired) electrons. The number of hydrogen-bond donors (Lipinski definition) is 2. The molecule has 0 atom stereocenters. The summed E-state index contributed by atoms with van der Waals surface area (Å²) in [6.45, 7) is 3.81. The van der Waals surface area contributed by atoms with Gasteiger partial charge < -0.3 is 20.1 Å². The molecule has 0 bridgehead atoms. The number of pyridine rings is 1. The fraction of sp³-hybridized carbons (Fsp3) is 0.182. The van der Waals surface area contributed by atoms with Crippen molar-refractivity contribution in [1.82, 2.24) is 4.98 Å². The average Bonchev–Trinajstić information content (AvgIpc) is 2.72. The quantitative estimate of drug-likeness (QED) is 0.705. The Morgan fingerprint density at radius 2 is 1.82 bits per heavy atom. The fourth-order valence-electron chi connectivity index (χ4n) is 2.98. The van der Waals surface area contributed by atoms with E-state index < -0.39 is 0 Å². The monoisotopic (exact) mass is 375 g/mol. The summed E-state index contributed by atoms with van der Waals surface area (Å²) >= 11 is 0. The number of benzene rings is 2. The molecule has 1 aliphatic heterocycles. The van der Waals surface area contributed by atoms with Gasteiger partial charge in [0, 0.05) is 18.3 Å². The molecule has 28 heavy (non-hydrogen) atoms. The summed E-state index contributed by atoms with van der Waals surface area (Å²) in [5, 5.41) is 6.15.